The molecule has 1 fully saturated rings. The van der Waals surface area contributed by atoms with Gasteiger partial charge in [0.15, 0.2) is 0 Å². The Bertz CT molecular complexity index is 696. The van der Waals surface area contributed by atoms with Crippen LogP contribution in [0.4, 0.5) is 0 Å². The molecular weight excluding hydrogens is 376 g/mol. The van der Waals surface area contributed by atoms with E-state index in [-0.39, 0.29) is 12.0 Å². The number of unbranched alkanes of at least 4 members (excludes halogenated alkanes) is 4. The fraction of sp³-hybridized carbons (Fsp3) is 0.577. The highest BCUT2D eigenvalue weighted by molar-refractivity contribution is 5.68. The lowest BCUT2D eigenvalue weighted by molar-refractivity contribution is -0.346. The van der Waals surface area contributed by atoms with Gasteiger partial charge in [-0.2, -0.15) is 0 Å². The molecule has 0 bridgehead atoms. The first-order valence-electron chi connectivity index (χ1n) is 11.3. The summed E-state index contributed by atoms with van der Waals surface area (Å²) in [6.07, 6.45) is 17.4. The highest BCUT2D eigenvalue weighted by Gasteiger charge is 2.47. The Morgan fingerprint density at radius 3 is 2.50 bits per heavy atom. The maximum absolute atomic E-state index is 11.0. The fourth-order valence-electron chi connectivity index (χ4n) is 4.42. The van der Waals surface area contributed by atoms with Crippen molar-refractivity contribution >= 4 is 12.0 Å². The molecule has 30 heavy (non-hydrogen) atoms. The molecule has 1 aliphatic rings. The Morgan fingerprint density at radius 1 is 1.07 bits per heavy atom. The zero-order chi connectivity index (χ0) is 21.9. The highest BCUT2D eigenvalue weighted by Crippen LogP contribution is 2.42. The van der Waals surface area contributed by atoms with Crippen LogP contribution in [0.1, 0.15) is 84.1 Å². The molecule has 4 nitrogen and oxygen atoms in total. The number of hydrogen-bond acceptors (Lipinski definition) is 3. The van der Waals surface area contributed by atoms with Crippen LogP contribution in [0, 0.1) is 5.92 Å². The second-order valence-corrected chi connectivity index (χ2v) is 9.31. The minimum absolute atomic E-state index is 0.0204. The number of aliphatic carboxylic acids is 1. The van der Waals surface area contributed by atoms with Crippen LogP contribution < -0.4 is 0 Å². The Balaban J connectivity index is 1.53. The molecule has 0 saturated carbocycles. The summed E-state index contributed by atoms with van der Waals surface area (Å²) < 4.78 is 0. The van der Waals surface area contributed by atoms with Crippen molar-refractivity contribution in [2.24, 2.45) is 5.92 Å². The van der Waals surface area contributed by atoms with Gasteiger partial charge in [-0.05, 0) is 44.6 Å². The van der Waals surface area contributed by atoms with Crippen LogP contribution in [-0.2, 0) is 14.6 Å². The van der Waals surface area contributed by atoms with E-state index in [4.69, 9.17) is 14.9 Å². The quantitative estimate of drug-likeness (QED) is 0.215. The third kappa shape index (κ3) is 9.27. The number of benzene rings is 1. The van der Waals surface area contributed by atoms with Crippen molar-refractivity contribution in [1.29, 1.82) is 0 Å². The van der Waals surface area contributed by atoms with E-state index in [1.165, 1.54) is 37.7 Å². The van der Waals surface area contributed by atoms with Crippen molar-refractivity contribution in [3.8, 4) is 0 Å². The minimum atomic E-state index is -0.847. The molecule has 0 aliphatic carbocycles. The first kappa shape index (κ1) is 24.4. The van der Waals surface area contributed by atoms with Gasteiger partial charge >= 0.3 is 5.97 Å². The second-order valence-electron chi connectivity index (χ2n) is 9.31. The summed E-state index contributed by atoms with van der Waals surface area (Å²) in [5.74, 6) is -0.311. The first-order valence-corrected chi connectivity index (χ1v) is 11.3. The number of hydrogen-bond donors (Lipinski definition) is 1. The smallest absolute Gasteiger partial charge is 0.306 e. The van der Waals surface area contributed by atoms with Crippen LogP contribution >= 0.6 is 0 Å². The predicted molar refractivity (Wildman–Crippen MR) is 122 cm³/mol. The maximum atomic E-state index is 11.0. The highest BCUT2D eigenvalue weighted by atomic mass is 17.2. The molecule has 166 valence electrons. The summed E-state index contributed by atoms with van der Waals surface area (Å²) in [6.45, 7) is 6.11. The van der Waals surface area contributed by atoms with Crippen LogP contribution in [0.15, 0.2) is 48.6 Å². The minimum Gasteiger partial charge on any atom is -0.481 e. The maximum Gasteiger partial charge on any atom is 0.306 e. The van der Waals surface area contributed by atoms with Gasteiger partial charge in [-0.15, -0.1) is 0 Å². The summed E-state index contributed by atoms with van der Waals surface area (Å²) in [4.78, 5) is 22.0. The lowest BCUT2D eigenvalue weighted by atomic mass is 9.81. The van der Waals surface area contributed by atoms with E-state index in [0.717, 1.165) is 12.8 Å². The third-order valence-electron chi connectivity index (χ3n) is 5.65. The monoisotopic (exact) mass is 414 g/mol. The molecule has 1 unspecified atom stereocenters. The van der Waals surface area contributed by atoms with E-state index in [2.05, 4.69) is 55.5 Å². The molecule has 2 rings (SSSR count). The molecule has 1 aromatic carbocycles. The van der Waals surface area contributed by atoms with Crippen LogP contribution in [0.5, 0.6) is 0 Å². The summed E-state index contributed by atoms with van der Waals surface area (Å²) in [5.41, 5.74) is 0.123. The number of carboxylic acid groups (broad SMARTS) is 1. The van der Waals surface area contributed by atoms with Crippen molar-refractivity contribution < 1.29 is 19.7 Å². The zero-order valence-corrected chi connectivity index (χ0v) is 18.8. The summed E-state index contributed by atoms with van der Waals surface area (Å²) in [5, 5.41) is 9.04. The van der Waals surface area contributed by atoms with Gasteiger partial charge in [-0.3, -0.25) is 4.79 Å². The number of carboxylic acids is 1. The van der Waals surface area contributed by atoms with Crippen molar-refractivity contribution in [3.63, 3.8) is 0 Å². The number of allylic oxidation sites excluding steroid dienone is 3. The summed E-state index contributed by atoms with van der Waals surface area (Å²) in [7, 11) is 0. The van der Waals surface area contributed by atoms with Crippen LogP contribution in [0.3, 0.4) is 0 Å². The molecule has 1 aromatic rings. The van der Waals surface area contributed by atoms with Crippen LogP contribution in [-0.4, -0.2) is 22.3 Å². The molecular formula is C26H38O4. The van der Waals surface area contributed by atoms with Gasteiger partial charge in [0.05, 0.1) is 6.42 Å². The third-order valence-corrected chi connectivity index (χ3v) is 5.65. The van der Waals surface area contributed by atoms with E-state index in [1.807, 2.05) is 19.9 Å². The molecule has 3 atom stereocenters. The van der Waals surface area contributed by atoms with E-state index in [9.17, 15) is 4.79 Å². The average molecular weight is 415 g/mol. The van der Waals surface area contributed by atoms with Gasteiger partial charge in [-0.25, -0.2) is 9.78 Å². The van der Waals surface area contributed by atoms with Gasteiger partial charge < -0.3 is 5.11 Å². The molecule has 0 radical (unpaired) electrons. The molecule has 0 amide bonds. The molecule has 1 aliphatic heterocycles. The average Bonchev–Trinajstić information content (AvgIpc) is 2.97. The topological polar surface area (TPSA) is 55.8 Å². The van der Waals surface area contributed by atoms with Gasteiger partial charge in [0.2, 0.25) is 0 Å². The van der Waals surface area contributed by atoms with Gasteiger partial charge in [0.1, 0.15) is 11.2 Å². The zero-order valence-electron chi connectivity index (χ0n) is 18.8. The largest absolute Gasteiger partial charge is 0.481 e. The summed E-state index contributed by atoms with van der Waals surface area (Å²) >= 11 is 0. The standard InChI is InChI=1S/C26H38O4/c1-22(19-25(2)21-26(3,30-29-25)20-24(27)28)15-11-8-6-4-5-7-9-12-16-23-17-13-10-14-18-23/h7,9-10,12-14,16-18,22H,4-6,8,11,15,19-21H2,1-3H3,(H,27,28)/t22?,25-,26+/m1/s1. The SMILES string of the molecule is CC(CCCCCCC=CC=Cc1ccccc1)C[C@]1(C)C[C@](C)(CC(=O)O)OO1. The first-order chi connectivity index (χ1) is 14.3. The van der Waals surface area contributed by atoms with Crippen molar-refractivity contribution in [2.75, 3.05) is 0 Å². The van der Waals surface area contributed by atoms with E-state index in [0.29, 0.717) is 12.3 Å². The van der Waals surface area contributed by atoms with Gasteiger partial charge in [-0.1, -0.05) is 87.2 Å². The van der Waals surface area contributed by atoms with E-state index < -0.39 is 11.6 Å². The van der Waals surface area contributed by atoms with Crippen LogP contribution in [0.2, 0.25) is 0 Å². The fourth-order valence-corrected chi connectivity index (χ4v) is 4.42. The van der Waals surface area contributed by atoms with Gasteiger partial charge in [0.25, 0.3) is 0 Å². The molecule has 1 heterocycles. The van der Waals surface area contributed by atoms with E-state index >= 15 is 0 Å². The van der Waals surface area contributed by atoms with E-state index in [1.54, 1.807) is 0 Å². The number of carbonyl (C=O) groups is 1. The van der Waals surface area contributed by atoms with Crippen molar-refractivity contribution in [2.45, 2.75) is 89.8 Å². The molecule has 0 spiro atoms. The number of rotatable bonds is 13. The molecule has 1 saturated heterocycles. The summed E-state index contributed by atoms with van der Waals surface area (Å²) in [6, 6.07) is 10.3. The molecule has 4 heteroatoms. The Labute approximate surface area is 181 Å². The molecule has 1 N–H and O–H groups in total. The normalized spacial score (nSPS) is 25.3. The van der Waals surface area contributed by atoms with Crippen molar-refractivity contribution in [3.05, 3.63) is 54.1 Å². The Morgan fingerprint density at radius 2 is 1.77 bits per heavy atom. The lowest BCUT2D eigenvalue weighted by Gasteiger charge is -2.25. The Kier molecular flexibility index (Phi) is 9.80. The second kappa shape index (κ2) is 12.1. The lowest BCUT2D eigenvalue weighted by Crippen LogP contribution is -2.31. The predicted octanol–water partition coefficient (Wildman–Crippen LogP) is 6.97. The Hall–Kier alpha value is -1.91. The van der Waals surface area contributed by atoms with Gasteiger partial charge in [0, 0.05) is 6.42 Å². The van der Waals surface area contributed by atoms with Crippen molar-refractivity contribution in [1.82, 2.24) is 0 Å². The molecule has 0 aromatic heterocycles. The van der Waals surface area contributed by atoms with Crippen LogP contribution in [0.25, 0.3) is 6.08 Å².